The van der Waals surface area contributed by atoms with Crippen LogP contribution in [0.4, 0.5) is 13.2 Å². The van der Waals surface area contributed by atoms with Gasteiger partial charge >= 0.3 is 12.1 Å². The summed E-state index contributed by atoms with van der Waals surface area (Å²) in [6.07, 6.45) is -1.39. The highest BCUT2D eigenvalue weighted by Crippen LogP contribution is 2.35. The van der Waals surface area contributed by atoms with Crippen molar-refractivity contribution >= 4 is 17.8 Å². The number of hydrogen-bond donors (Lipinski definition) is 1. The number of aromatic nitrogens is 2. The zero-order chi connectivity index (χ0) is 26.0. The number of halogens is 3. The Hall–Kier alpha value is -4.15. The van der Waals surface area contributed by atoms with E-state index in [9.17, 15) is 22.8 Å². The maximum atomic E-state index is 13.2. The van der Waals surface area contributed by atoms with Crippen molar-refractivity contribution in [2.45, 2.75) is 31.7 Å². The summed E-state index contributed by atoms with van der Waals surface area (Å²) in [5.41, 5.74) is 3.28. The Morgan fingerprint density at radius 2 is 1.78 bits per heavy atom. The molecule has 188 valence electrons. The van der Waals surface area contributed by atoms with Gasteiger partial charge in [-0.3, -0.25) is 14.6 Å². The van der Waals surface area contributed by atoms with Crippen molar-refractivity contribution < 1.29 is 32.7 Å². The van der Waals surface area contributed by atoms with Gasteiger partial charge in [0.15, 0.2) is 0 Å². The summed E-state index contributed by atoms with van der Waals surface area (Å²) in [7, 11) is 0. The first-order chi connectivity index (χ1) is 17.1. The normalized spacial score (nSPS) is 18.7. The number of nitrogens with zero attached hydrogens (tertiary/aromatic N) is 4. The topological polar surface area (TPSA) is 95.7 Å². The molecule has 0 bridgehead atoms. The number of aryl methyl sites for hydroxylation is 1. The Balaban J connectivity index is 0.000000384. The summed E-state index contributed by atoms with van der Waals surface area (Å²) in [6.45, 7) is 3.54. The smallest absolute Gasteiger partial charge is 0.475 e. The van der Waals surface area contributed by atoms with E-state index in [1.54, 1.807) is 6.20 Å². The van der Waals surface area contributed by atoms with Crippen LogP contribution >= 0.6 is 0 Å². The van der Waals surface area contributed by atoms with Crippen molar-refractivity contribution in [3.05, 3.63) is 89.5 Å². The first-order valence-corrected chi connectivity index (χ1v) is 11.1. The van der Waals surface area contributed by atoms with Crippen molar-refractivity contribution in [1.82, 2.24) is 19.4 Å². The van der Waals surface area contributed by atoms with Crippen molar-refractivity contribution in [3.63, 3.8) is 0 Å². The molecule has 1 N–H and O–H groups in total. The molecule has 5 rings (SSSR count). The summed E-state index contributed by atoms with van der Waals surface area (Å²) in [4.78, 5) is 43.4. The molecule has 3 aromatic rings. The Morgan fingerprint density at radius 1 is 1.06 bits per heavy atom. The molecule has 1 aromatic carbocycles. The Bertz CT molecular complexity index is 1280. The number of aliphatic carboxylic acids is 1. The van der Waals surface area contributed by atoms with E-state index in [-0.39, 0.29) is 23.9 Å². The Kier molecular flexibility index (Phi) is 6.82. The molecule has 11 heteroatoms. The van der Waals surface area contributed by atoms with Gasteiger partial charge in [0.1, 0.15) is 5.69 Å². The van der Waals surface area contributed by atoms with Gasteiger partial charge in [-0.05, 0) is 43.3 Å². The highest BCUT2D eigenvalue weighted by atomic mass is 19.4. The lowest BCUT2D eigenvalue weighted by atomic mass is 10.1. The first kappa shape index (κ1) is 25.0. The number of carbonyl (C=O) groups excluding carboxylic acids is 2. The number of pyridine rings is 1. The van der Waals surface area contributed by atoms with E-state index in [0.717, 1.165) is 11.3 Å². The number of alkyl halides is 3. The minimum atomic E-state index is -5.08. The molecule has 1 fully saturated rings. The van der Waals surface area contributed by atoms with Crippen LogP contribution in [-0.2, 0) is 11.3 Å². The zero-order valence-electron chi connectivity index (χ0n) is 19.2. The van der Waals surface area contributed by atoms with Crippen LogP contribution in [0.2, 0.25) is 0 Å². The Labute approximate surface area is 204 Å². The average molecular weight is 500 g/mol. The second-order valence-corrected chi connectivity index (χ2v) is 8.57. The Morgan fingerprint density at radius 3 is 2.42 bits per heavy atom. The highest BCUT2D eigenvalue weighted by molar-refractivity contribution is 5.96. The van der Waals surface area contributed by atoms with Crippen molar-refractivity contribution in [3.8, 4) is 0 Å². The number of fused-ring (bicyclic) bond motifs is 3. The van der Waals surface area contributed by atoms with Gasteiger partial charge < -0.3 is 19.5 Å². The summed E-state index contributed by atoms with van der Waals surface area (Å²) in [6, 6.07) is 17.1. The lowest BCUT2D eigenvalue weighted by Crippen LogP contribution is -2.50. The van der Waals surface area contributed by atoms with Crippen LogP contribution in [-0.4, -0.2) is 67.5 Å². The van der Waals surface area contributed by atoms with Crippen molar-refractivity contribution in [2.75, 3.05) is 13.1 Å². The second-order valence-electron chi connectivity index (χ2n) is 8.57. The number of hydrogen-bond acceptors (Lipinski definition) is 4. The quantitative estimate of drug-likeness (QED) is 0.594. The van der Waals surface area contributed by atoms with E-state index in [2.05, 4.69) is 4.98 Å². The molecule has 2 aromatic heterocycles. The van der Waals surface area contributed by atoms with Gasteiger partial charge in [-0.15, -0.1) is 0 Å². The second kappa shape index (κ2) is 9.84. The van der Waals surface area contributed by atoms with Crippen LogP contribution in [0.15, 0.2) is 67.0 Å². The van der Waals surface area contributed by atoms with Crippen molar-refractivity contribution in [1.29, 1.82) is 0 Å². The monoisotopic (exact) mass is 500 g/mol. The molecule has 2 atom stereocenters. The van der Waals surface area contributed by atoms with E-state index in [4.69, 9.17) is 9.90 Å². The average Bonchev–Trinajstić information content (AvgIpc) is 3.49. The van der Waals surface area contributed by atoms with Gasteiger partial charge in [-0.25, -0.2) is 4.79 Å². The molecule has 2 aliphatic rings. The summed E-state index contributed by atoms with van der Waals surface area (Å²) in [5, 5.41) is 7.12. The van der Waals surface area contributed by atoms with Gasteiger partial charge in [0, 0.05) is 31.0 Å². The van der Waals surface area contributed by atoms with Crippen molar-refractivity contribution in [2.24, 2.45) is 0 Å². The molecule has 4 heterocycles. The van der Waals surface area contributed by atoms with Gasteiger partial charge in [-0.1, -0.05) is 23.8 Å². The summed E-state index contributed by atoms with van der Waals surface area (Å²) >= 11 is 0. The third kappa shape index (κ3) is 5.09. The summed E-state index contributed by atoms with van der Waals surface area (Å²) < 4.78 is 33.8. The van der Waals surface area contributed by atoms with Gasteiger partial charge in [0.05, 0.1) is 24.3 Å². The van der Waals surface area contributed by atoms with E-state index >= 15 is 0 Å². The fourth-order valence-electron chi connectivity index (χ4n) is 4.49. The maximum absolute atomic E-state index is 13.2. The van der Waals surface area contributed by atoms with Crippen LogP contribution in [0.3, 0.4) is 0 Å². The first-order valence-electron chi connectivity index (χ1n) is 11.1. The maximum Gasteiger partial charge on any atom is 0.490 e. The molecule has 36 heavy (non-hydrogen) atoms. The predicted octanol–water partition coefficient (Wildman–Crippen LogP) is 3.55. The molecule has 8 nitrogen and oxygen atoms in total. The van der Waals surface area contributed by atoms with Gasteiger partial charge in [0.2, 0.25) is 0 Å². The van der Waals surface area contributed by atoms with Crippen LogP contribution in [0, 0.1) is 6.92 Å². The number of benzene rings is 1. The summed E-state index contributed by atoms with van der Waals surface area (Å²) in [5.74, 6) is -2.75. The van der Waals surface area contributed by atoms with E-state index in [1.165, 1.54) is 0 Å². The third-order valence-corrected chi connectivity index (χ3v) is 6.13. The van der Waals surface area contributed by atoms with Crippen LogP contribution in [0.5, 0.6) is 0 Å². The molecule has 2 amide bonds. The number of carbonyl (C=O) groups is 3. The largest absolute Gasteiger partial charge is 0.490 e. The number of amides is 2. The van der Waals surface area contributed by atoms with Gasteiger partial charge in [-0.2, -0.15) is 13.2 Å². The minimum Gasteiger partial charge on any atom is -0.475 e. The number of carboxylic acids is 1. The number of likely N-dealkylation sites (tertiary alicyclic amines) is 1. The molecule has 0 saturated carbocycles. The SMILES string of the molecule is Cc1cccc(C(=O)N2CC3C(C2)n2cccc2C(=O)N3Cc2ccccn2)c1.O=C(O)C(F)(F)F. The number of carboxylic acid groups (broad SMARTS) is 1. The standard InChI is InChI=1S/C23H22N4O2.C2HF3O2/c1-16-6-4-7-17(12-16)22(28)25-14-20-21(15-25)27(13-18-8-2-3-10-24-18)23(29)19-9-5-11-26(19)20;3-2(4,5)1(6)7/h2-12,20-21H,13-15H2,1H3;(H,6,7). The highest BCUT2D eigenvalue weighted by Gasteiger charge is 2.46. The molecular formula is C25H23F3N4O4. The van der Waals surface area contributed by atoms with Crippen LogP contribution < -0.4 is 0 Å². The van der Waals surface area contributed by atoms with Crippen LogP contribution in [0.25, 0.3) is 0 Å². The third-order valence-electron chi connectivity index (χ3n) is 6.13. The van der Waals surface area contributed by atoms with E-state index in [0.29, 0.717) is 30.9 Å². The molecule has 2 aliphatic heterocycles. The molecular weight excluding hydrogens is 477 g/mol. The molecule has 1 saturated heterocycles. The molecule has 0 radical (unpaired) electrons. The van der Waals surface area contributed by atoms with E-state index in [1.807, 2.05) is 82.1 Å². The van der Waals surface area contributed by atoms with E-state index < -0.39 is 12.1 Å². The zero-order valence-corrected chi connectivity index (χ0v) is 19.2. The fraction of sp³-hybridized carbons (Fsp3) is 0.280. The predicted molar refractivity (Wildman–Crippen MR) is 122 cm³/mol. The number of rotatable bonds is 3. The minimum absolute atomic E-state index is 0.00763. The molecule has 0 spiro atoms. The lowest BCUT2D eigenvalue weighted by molar-refractivity contribution is -0.192. The lowest BCUT2D eigenvalue weighted by Gasteiger charge is -2.37. The molecule has 0 aliphatic carbocycles. The van der Waals surface area contributed by atoms with Crippen LogP contribution in [0.1, 0.15) is 38.1 Å². The fourth-order valence-corrected chi connectivity index (χ4v) is 4.49. The molecule has 2 unspecified atom stereocenters. The van der Waals surface area contributed by atoms with Gasteiger partial charge in [0.25, 0.3) is 11.8 Å².